The zero-order chi connectivity index (χ0) is 15.5. The lowest BCUT2D eigenvalue weighted by molar-refractivity contribution is -0.329. The van der Waals surface area contributed by atoms with Crippen LogP contribution in [0.1, 0.15) is 46.5 Å². The number of rotatable bonds is 2. The molecule has 0 radical (unpaired) electrons. The number of hydrogen-bond donors (Lipinski definition) is 0. The molecule has 3 nitrogen and oxygen atoms in total. The SMILES string of the molecule is CC(C)(C)OOC(=O)[C@@]12C=C[C@@H](CC1)[C@H]1[C@@H]2[C@H]2C=C[C@@H]1CC2. The van der Waals surface area contributed by atoms with Crippen LogP contribution in [0.4, 0.5) is 0 Å². The first-order chi connectivity index (χ1) is 10.4. The number of allylic oxidation sites excluding steroid dienone is 3. The molecule has 6 aliphatic carbocycles. The average Bonchev–Trinajstić information content (AvgIpc) is 2.54. The summed E-state index contributed by atoms with van der Waals surface area (Å²) in [6.07, 6.45) is 13.8. The third-order valence-electron chi connectivity index (χ3n) is 6.18. The van der Waals surface area contributed by atoms with Crippen molar-refractivity contribution in [2.75, 3.05) is 0 Å². The molecule has 0 aliphatic heterocycles. The van der Waals surface area contributed by atoms with Crippen LogP contribution in [0.3, 0.4) is 0 Å². The molecule has 3 heteroatoms. The molecule has 120 valence electrons. The predicted molar refractivity (Wildman–Crippen MR) is 83.6 cm³/mol. The van der Waals surface area contributed by atoms with Crippen molar-refractivity contribution in [1.29, 1.82) is 0 Å². The van der Waals surface area contributed by atoms with Crippen LogP contribution in [0.15, 0.2) is 24.3 Å². The molecule has 2 saturated carbocycles. The summed E-state index contributed by atoms with van der Waals surface area (Å²) in [5.41, 5.74) is -0.925. The van der Waals surface area contributed by atoms with Crippen molar-refractivity contribution in [3.8, 4) is 0 Å². The first kappa shape index (κ1) is 14.5. The van der Waals surface area contributed by atoms with E-state index in [1.807, 2.05) is 20.8 Å². The molecule has 22 heavy (non-hydrogen) atoms. The molecule has 0 spiro atoms. The highest BCUT2D eigenvalue weighted by atomic mass is 17.2. The molecule has 0 N–H and O–H groups in total. The second kappa shape index (κ2) is 4.70. The average molecular weight is 302 g/mol. The molecule has 0 heterocycles. The van der Waals surface area contributed by atoms with Crippen molar-refractivity contribution in [3.63, 3.8) is 0 Å². The fourth-order valence-corrected chi connectivity index (χ4v) is 5.37. The summed E-state index contributed by atoms with van der Waals surface area (Å²) in [5.74, 6) is 2.71. The van der Waals surface area contributed by atoms with Gasteiger partial charge < -0.3 is 0 Å². The molecule has 6 aliphatic rings. The normalized spacial score (nSPS) is 45.0. The summed E-state index contributed by atoms with van der Waals surface area (Å²) < 4.78 is 0. The molecule has 4 bridgehead atoms. The first-order valence-corrected chi connectivity index (χ1v) is 8.68. The molecule has 0 aromatic rings. The minimum atomic E-state index is -0.466. The highest BCUT2D eigenvalue weighted by Crippen LogP contribution is 2.63. The Labute approximate surface area is 132 Å². The molecular formula is C19H26O3. The van der Waals surface area contributed by atoms with Crippen LogP contribution in [-0.4, -0.2) is 11.6 Å². The van der Waals surface area contributed by atoms with Crippen molar-refractivity contribution in [2.45, 2.75) is 52.1 Å². The Balaban J connectivity index is 1.65. The third kappa shape index (κ3) is 2.01. The Morgan fingerprint density at radius 1 is 1.05 bits per heavy atom. The summed E-state index contributed by atoms with van der Waals surface area (Å²) in [6.45, 7) is 5.71. The Morgan fingerprint density at radius 3 is 2.32 bits per heavy atom. The summed E-state index contributed by atoms with van der Waals surface area (Å²) in [4.78, 5) is 23.6. The molecule has 2 fully saturated rings. The third-order valence-corrected chi connectivity index (χ3v) is 6.18. The van der Waals surface area contributed by atoms with E-state index in [4.69, 9.17) is 9.78 Å². The van der Waals surface area contributed by atoms with Gasteiger partial charge in [-0.2, -0.15) is 4.89 Å². The minimum absolute atomic E-state index is 0.173. The monoisotopic (exact) mass is 302 g/mol. The summed E-state index contributed by atoms with van der Waals surface area (Å²) in [5, 5.41) is 0. The highest BCUT2D eigenvalue weighted by Gasteiger charge is 2.61. The van der Waals surface area contributed by atoms with Gasteiger partial charge in [-0.1, -0.05) is 24.3 Å². The minimum Gasteiger partial charge on any atom is -0.297 e. The Hall–Kier alpha value is -1.09. The Bertz CT molecular complexity index is 541. The molecule has 0 aromatic carbocycles. The molecule has 0 aromatic heterocycles. The van der Waals surface area contributed by atoms with Gasteiger partial charge in [0.25, 0.3) is 0 Å². The molecule has 0 amide bonds. The van der Waals surface area contributed by atoms with Crippen LogP contribution in [0.5, 0.6) is 0 Å². The van der Waals surface area contributed by atoms with Crippen LogP contribution in [0, 0.1) is 35.0 Å². The van der Waals surface area contributed by atoms with Gasteiger partial charge in [-0.05, 0) is 76.0 Å². The van der Waals surface area contributed by atoms with Crippen molar-refractivity contribution in [2.24, 2.45) is 35.0 Å². The van der Waals surface area contributed by atoms with Crippen molar-refractivity contribution >= 4 is 5.97 Å². The van der Waals surface area contributed by atoms with E-state index in [-0.39, 0.29) is 5.97 Å². The summed E-state index contributed by atoms with van der Waals surface area (Å²) >= 11 is 0. The zero-order valence-corrected chi connectivity index (χ0v) is 13.7. The van der Waals surface area contributed by atoms with E-state index in [0.29, 0.717) is 29.6 Å². The van der Waals surface area contributed by atoms with E-state index in [2.05, 4.69) is 24.3 Å². The van der Waals surface area contributed by atoms with Crippen molar-refractivity contribution in [3.05, 3.63) is 24.3 Å². The highest BCUT2D eigenvalue weighted by molar-refractivity contribution is 5.80. The Morgan fingerprint density at radius 2 is 1.73 bits per heavy atom. The maximum Gasteiger partial charge on any atom is 0.352 e. The van der Waals surface area contributed by atoms with Crippen molar-refractivity contribution in [1.82, 2.24) is 0 Å². The first-order valence-electron chi connectivity index (χ1n) is 8.68. The molecule has 6 atom stereocenters. The van der Waals surface area contributed by atoms with E-state index in [1.165, 1.54) is 12.8 Å². The second-order valence-electron chi connectivity index (χ2n) is 8.56. The lowest BCUT2D eigenvalue weighted by atomic mass is 9.44. The lowest BCUT2D eigenvalue weighted by Gasteiger charge is -2.59. The van der Waals surface area contributed by atoms with E-state index in [1.54, 1.807) is 0 Å². The van der Waals surface area contributed by atoms with E-state index >= 15 is 0 Å². The zero-order valence-electron chi connectivity index (χ0n) is 13.7. The van der Waals surface area contributed by atoms with Crippen molar-refractivity contribution < 1.29 is 14.6 Å². The predicted octanol–water partition coefficient (Wildman–Crippen LogP) is 4.05. The van der Waals surface area contributed by atoms with Gasteiger partial charge >= 0.3 is 5.97 Å². The van der Waals surface area contributed by atoms with Gasteiger partial charge in [-0.15, -0.1) is 0 Å². The van der Waals surface area contributed by atoms with Crippen LogP contribution >= 0.6 is 0 Å². The fourth-order valence-electron chi connectivity index (χ4n) is 5.37. The molecule has 0 unspecified atom stereocenters. The second-order valence-corrected chi connectivity index (χ2v) is 8.56. The Kier molecular flexibility index (Phi) is 3.10. The van der Waals surface area contributed by atoms with Crippen LogP contribution in [-0.2, 0) is 14.6 Å². The summed E-state index contributed by atoms with van der Waals surface area (Å²) in [7, 11) is 0. The number of hydrogen-bond acceptors (Lipinski definition) is 3. The van der Waals surface area contributed by atoms with Gasteiger partial charge in [0.05, 0.1) is 5.41 Å². The van der Waals surface area contributed by atoms with Gasteiger partial charge in [-0.3, -0.25) is 4.89 Å². The van der Waals surface area contributed by atoms with Gasteiger partial charge in [0, 0.05) is 0 Å². The quantitative estimate of drug-likeness (QED) is 0.438. The van der Waals surface area contributed by atoms with E-state index in [0.717, 1.165) is 12.8 Å². The van der Waals surface area contributed by atoms with Crippen LogP contribution in [0.25, 0.3) is 0 Å². The van der Waals surface area contributed by atoms with Gasteiger partial charge in [0.1, 0.15) is 5.60 Å². The number of carbonyl (C=O) groups excluding carboxylic acids is 1. The fraction of sp³-hybridized carbons (Fsp3) is 0.737. The summed E-state index contributed by atoms with van der Waals surface area (Å²) in [6, 6.07) is 0. The van der Waals surface area contributed by atoms with E-state index < -0.39 is 11.0 Å². The topological polar surface area (TPSA) is 35.5 Å². The van der Waals surface area contributed by atoms with Gasteiger partial charge in [-0.25, -0.2) is 4.79 Å². The lowest BCUT2D eigenvalue weighted by Crippen LogP contribution is -2.57. The van der Waals surface area contributed by atoms with E-state index in [9.17, 15) is 4.79 Å². The number of fused-ring (bicyclic) bond motifs is 2. The molecule has 0 saturated heterocycles. The van der Waals surface area contributed by atoms with Crippen LogP contribution < -0.4 is 0 Å². The van der Waals surface area contributed by atoms with Crippen LogP contribution in [0.2, 0.25) is 0 Å². The largest absolute Gasteiger partial charge is 0.352 e. The number of carbonyl (C=O) groups is 1. The van der Waals surface area contributed by atoms with Gasteiger partial charge in [0.2, 0.25) is 0 Å². The van der Waals surface area contributed by atoms with Gasteiger partial charge in [0.15, 0.2) is 0 Å². The molecule has 6 rings (SSSR count). The molecular weight excluding hydrogens is 276 g/mol. The maximum atomic E-state index is 12.9. The maximum absolute atomic E-state index is 12.9. The smallest absolute Gasteiger partial charge is 0.297 e. The standard InChI is InChI=1S/C19H26O3/c1-18(2,3)22-21-17(20)19-10-8-13(9-11-19)15-12-4-6-14(7-5-12)16(15)19/h4,6,8,10,12-16H,5,7,9,11H2,1-3H3/t12-,13+,14+,15+,16+,19+/m1/s1.